The van der Waals surface area contributed by atoms with Crippen molar-refractivity contribution in [1.29, 1.82) is 0 Å². The number of halogens is 1. The van der Waals surface area contributed by atoms with Crippen LogP contribution >= 0.6 is 15.9 Å². The quantitative estimate of drug-likeness (QED) is 0.864. The maximum Gasteiger partial charge on any atom is 0.269 e. The van der Waals surface area contributed by atoms with Gasteiger partial charge >= 0.3 is 0 Å². The van der Waals surface area contributed by atoms with Crippen molar-refractivity contribution in [2.24, 2.45) is 5.73 Å². The minimum absolute atomic E-state index is 0.188. The molecule has 0 aromatic carbocycles. The highest BCUT2D eigenvalue weighted by molar-refractivity contribution is 9.10. The van der Waals surface area contributed by atoms with Crippen molar-refractivity contribution in [3.8, 4) is 5.82 Å². The fraction of sp³-hybridized carbons (Fsp3) is 0.273. The SMILES string of the molecule is CCCNc1ncc(Br)c(-n2ccc(C(N)=O)n2)n1. The van der Waals surface area contributed by atoms with E-state index in [2.05, 4.69) is 43.2 Å². The van der Waals surface area contributed by atoms with Gasteiger partial charge in [-0.25, -0.2) is 9.67 Å². The molecule has 0 fully saturated rings. The lowest BCUT2D eigenvalue weighted by molar-refractivity contribution is 0.0995. The van der Waals surface area contributed by atoms with E-state index < -0.39 is 5.91 Å². The highest BCUT2D eigenvalue weighted by Crippen LogP contribution is 2.18. The fourth-order valence-corrected chi connectivity index (χ4v) is 1.79. The van der Waals surface area contributed by atoms with Crippen molar-refractivity contribution in [2.45, 2.75) is 13.3 Å². The molecular weight excluding hydrogens is 312 g/mol. The molecule has 0 bridgehead atoms. The Bertz CT molecular complexity index is 597. The van der Waals surface area contributed by atoms with Gasteiger partial charge in [-0.05, 0) is 28.4 Å². The molecule has 0 radical (unpaired) electrons. The molecule has 2 heterocycles. The summed E-state index contributed by atoms with van der Waals surface area (Å²) < 4.78 is 2.15. The van der Waals surface area contributed by atoms with Crippen LogP contribution in [0.4, 0.5) is 5.95 Å². The number of carbonyl (C=O) groups is 1. The summed E-state index contributed by atoms with van der Waals surface area (Å²) in [4.78, 5) is 19.5. The molecule has 0 atom stereocenters. The molecule has 1 amide bonds. The number of nitrogens with zero attached hydrogens (tertiary/aromatic N) is 4. The van der Waals surface area contributed by atoms with E-state index in [4.69, 9.17) is 5.73 Å². The maximum absolute atomic E-state index is 11.0. The van der Waals surface area contributed by atoms with Crippen LogP contribution in [0.1, 0.15) is 23.8 Å². The highest BCUT2D eigenvalue weighted by atomic mass is 79.9. The highest BCUT2D eigenvalue weighted by Gasteiger charge is 2.11. The van der Waals surface area contributed by atoms with Crippen molar-refractivity contribution in [3.63, 3.8) is 0 Å². The van der Waals surface area contributed by atoms with Gasteiger partial charge in [0.15, 0.2) is 5.82 Å². The first-order valence-electron chi connectivity index (χ1n) is 5.74. The van der Waals surface area contributed by atoms with E-state index in [1.54, 1.807) is 12.4 Å². The van der Waals surface area contributed by atoms with Gasteiger partial charge in [0, 0.05) is 18.9 Å². The topological polar surface area (TPSA) is 98.7 Å². The molecule has 0 spiro atoms. The molecule has 100 valence electrons. The average Bonchev–Trinajstić information content (AvgIpc) is 2.87. The van der Waals surface area contributed by atoms with Crippen LogP contribution in [0, 0.1) is 0 Å². The van der Waals surface area contributed by atoms with Crippen LogP contribution in [-0.2, 0) is 0 Å². The van der Waals surface area contributed by atoms with E-state index in [1.807, 2.05) is 0 Å². The Kier molecular flexibility index (Phi) is 4.10. The van der Waals surface area contributed by atoms with Gasteiger partial charge in [0.25, 0.3) is 5.91 Å². The maximum atomic E-state index is 11.0. The molecule has 2 rings (SSSR count). The van der Waals surface area contributed by atoms with Crippen LogP contribution in [-0.4, -0.2) is 32.2 Å². The number of aromatic nitrogens is 4. The van der Waals surface area contributed by atoms with Crippen LogP contribution < -0.4 is 11.1 Å². The van der Waals surface area contributed by atoms with Gasteiger partial charge in [0.05, 0.1) is 4.47 Å². The number of carbonyl (C=O) groups excluding carboxylic acids is 1. The standard InChI is InChI=1S/C11H13BrN6O/c1-2-4-14-11-15-6-7(12)10(16-11)18-5-3-8(17-18)9(13)19/h3,5-6H,2,4H2,1H3,(H2,13,19)(H,14,15,16). The van der Waals surface area contributed by atoms with Crippen LogP contribution in [0.2, 0.25) is 0 Å². The third kappa shape index (κ3) is 3.08. The molecule has 8 heteroatoms. The summed E-state index contributed by atoms with van der Waals surface area (Å²) in [5, 5.41) is 7.14. The summed E-state index contributed by atoms with van der Waals surface area (Å²) in [6.45, 7) is 2.84. The number of nitrogens with two attached hydrogens (primary N) is 1. The Hall–Kier alpha value is -1.96. The zero-order chi connectivity index (χ0) is 13.8. The number of anilines is 1. The molecule has 0 saturated carbocycles. The first-order chi connectivity index (χ1) is 9.11. The monoisotopic (exact) mass is 324 g/mol. The van der Waals surface area contributed by atoms with Gasteiger partial charge in [-0.3, -0.25) is 4.79 Å². The van der Waals surface area contributed by atoms with Crippen molar-refractivity contribution in [1.82, 2.24) is 19.7 Å². The molecule has 3 N–H and O–H groups in total. The lowest BCUT2D eigenvalue weighted by Crippen LogP contribution is -2.13. The van der Waals surface area contributed by atoms with Crippen LogP contribution in [0.5, 0.6) is 0 Å². The van der Waals surface area contributed by atoms with Crippen molar-refractivity contribution >= 4 is 27.8 Å². The molecule has 7 nitrogen and oxygen atoms in total. The van der Waals surface area contributed by atoms with E-state index in [1.165, 1.54) is 10.7 Å². The van der Waals surface area contributed by atoms with E-state index in [0.717, 1.165) is 13.0 Å². The first kappa shape index (κ1) is 13.5. The fourth-order valence-electron chi connectivity index (χ4n) is 1.41. The van der Waals surface area contributed by atoms with Crippen molar-refractivity contribution in [2.75, 3.05) is 11.9 Å². The summed E-state index contributed by atoms with van der Waals surface area (Å²) in [6.07, 6.45) is 4.23. The van der Waals surface area contributed by atoms with E-state index in [9.17, 15) is 4.79 Å². The summed E-state index contributed by atoms with van der Waals surface area (Å²) in [6, 6.07) is 1.54. The first-order valence-corrected chi connectivity index (χ1v) is 6.53. The molecular formula is C11H13BrN6O. The van der Waals surface area contributed by atoms with Gasteiger partial charge in [-0.15, -0.1) is 0 Å². The van der Waals surface area contributed by atoms with Crippen molar-refractivity contribution in [3.05, 3.63) is 28.6 Å². The predicted octanol–water partition coefficient (Wildman–Crippen LogP) is 1.35. The van der Waals surface area contributed by atoms with Gasteiger partial charge in [-0.1, -0.05) is 6.92 Å². The number of amides is 1. The third-order valence-electron chi connectivity index (χ3n) is 2.32. The Morgan fingerprint density at radius 2 is 2.37 bits per heavy atom. The zero-order valence-electron chi connectivity index (χ0n) is 10.3. The minimum Gasteiger partial charge on any atom is -0.364 e. The Labute approximate surface area is 118 Å². The Balaban J connectivity index is 2.33. The Morgan fingerprint density at radius 1 is 1.58 bits per heavy atom. The van der Waals surface area contributed by atoms with E-state index >= 15 is 0 Å². The summed E-state index contributed by atoms with van der Waals surface area (Å²) in [7, 11) is 0. The van der Waals surface area contributed by atoms with Gasteiger partial charge in [0.1, 0.15) is 5.69 Å². The second-order valence-electron chi connectivity index (χ2n) is 3.80. The average molecular weight is 325 g/mol. The normalized spacial score (nSPS) is 10.4. The second kappa shape index (κ2) is 5.79. The number of hydrogen-bond acceptors (Lipinski definition) is 5. The van der Waals surface area contributed by atoms with Crippen LogP contribution in [0.25, 0.3) is 5.82 Å². The number of primary amides is 1. The van der Waals surface area contributed by atoms with E-state index in [-0.39, 0.29) is 5.69 Å². The molecule has 0 aliphatic carbocycles. The lowest BCUT2D eigenvalue weighted by atomic mass is 10.4. The third-order valence-corrected chi connectivity index (χ3v) is 2.88. The van der Waals surface area contributed by atoms with Gasteiger partial charge < -0.3 is 11.1 Å². The van der Waals surface area contributed by atoms with Crippen LogP contribution in [0.15, 0.2) is 22.9 Å². The van der Waals surface area contributed by atoms with Gasteiger partial charge in [0.2, 0.25) is 5.95 Å². The summed E-state index contributed by atoms with van der Waals surface area (Å²) in [5.74, 6) is 0.477. The minimum atomic E-state index is -0.576. The number of nitrogens with one attached hydrogen (secondary N) is 1. The van der Waals surface area contributed by atoms with Crippen LogP contribution in [0.3, 0.4) is 0 Å². The predicted molar refractivity (Wildman–Crippen MR) is 74.2 cm³/mol. The van der Waals surface area contributed by atoms with E-state index in [0.29, 0.717) is 16.2 Å². The molecule has 0 saturated heterocycles. The molecule has 0 aliphatic heterocycles. The lowest BCUT2D eigenvalue weighted by Gasteiger charge is -2.07. The molecule has 0 unspecified atom stereocenters. The zero-order valence-corrected chi connectivity index (χ0v) is 11.9. The number of rotatable bonds is 5. The number of hydrogen-bond donors (Lipinski definition) is 2. The van der Waals surface area contributed by atoms with Crippen molar-refractivity contribution < 1.29 is 4.79 Å². The molecule has 2 aromatic rings. The summed E-state index contributed by atoms with van der Waals surface area (Å²) >= 11 is 3.35. The largest absolute Gasteiger partial charge is 0.364 e. The molecule has 2 aromatic heterocycles. The Morgan fingerprint density at radius 3 is 3.00 bits per heavy atom. The smallest absolute Gasteiger partial charge is 0.269 e. The van der Waals surface area contributed by atoms with Gasteiger partial charge in [-0.2, -0.15) is 10.1 Å². The second-order valence-corrected chi connectivity index (χ2v) is 4.66. The summed E-state index contributed by atoms with van der Waals surface area (Å²) in [5.41, 5.74) is 5.36. The molecule has 0 aliphatic rings. The molecule has 19 heavy (non-hydrogen) atoms.